The summed E-state index contributed by atoms with van der Waals surface area (Å²) in [5, 5.41) is 12.2. The Labute approximate surface area is 114 Å². The monoisotopic (exact) mass is 266 g/mol. The Morgan fingerprint density at radius 2 is 2.11 bits per heavy atom. The Morgan fingerprint density at radius 3 is 2.79 bits per heavy atom. The number of aliphatic hydroxyl groups is 1. The summed E-state index contributed by atoms with van der Waals surface area (Å²) in [6.07, 6.45) is 3.06. The highest BCUT2D eigenvalue weighted by molar-refractivity contribution is 5.54. The van der Waals surface area contributed by atoms with E-state index in [1.54, 1.807) is 6.07 Å². The molecule has 1 atom stereocenters. The maximum atomic E-state index is 14.0. The molecular weight excluding hydrogens is 243 g/mol. The molecule has 0 bridgehead atoms. The Kier molecular flexibility index (Phi) is 5.16. The smallest absolute Gasteiger partial charge is 0.129 e. The van der Waals surface area contributed by atoms with Gasteiger partial charge in [-0.2, -0.15) is 0 Å². The van der Waals surface area contributed by atoms with Crippen molar-refractivity contribution in [3.05, 3.63) is 29.6 Å². The van der Waals surface area contributed by atoms with E-state index in [4.69, 9.17) is 5.11 Å². The summed E-state index contributed by atoms with van der Waals surface area (Å²) in [5.41, 5.74) is 1.76. The standard InChI is InChI=1S/C15H23FN2O/c1-12(7-10-19)17-11-13-14(16)5-4-6-15(13)18-8-2-3-9-18/h4-6,12,17,19H,2-3,7-11H2,1H3/t12-/m1/s1. The Hall–Kier alpha value is -1.13. The molecule has 2 rings (SSSR count). The van der Waals surface area contributed by atoms with Crippen molar-refractivity contribution in [1.82, 2.24) is 5.32 Å². The maximum absolute atomic E-state index is 14.0. The second-order valence-corrected chi connectivity index (χ2v) is 5.23. The summed E-state index contributed by atoms with van der Waals surface area (Å²) in [5.74, 6) is -0.145. The first-order valence-electron chi connectivity index (χ1n) is 7.09. The zero-order chi connectivity index (χ0) is 13.7. The van der Waals surface area contributed by atoms with Gasteiger partial charge in [0.25, 0.3) is 0 Å². The second-order valence-electron chi connectivity index (χ2n) is 5.23. The molecule has 0 radical (unpaired) electrons. The lowest BCUT2D eigenvalue weighted by atomic mass is 10.1. The molecule has 1 fully saturated rings. The normalized spacial score (nSPS) is 16.9. The number of anilines is 1. The number of aliphatic hydroxyl groups excluding tert-OH is 1. The number of hydrogen-bond donors (Lipinski definition) is 2. The van der Waals surface area contributed by atoms with E-state index in [0.717, 1.165) is 24.3 Å². The molecule has 0 aromatic heterocycles. The molecule has 0 saturated carbocycles. The summed E-state index contributed by atoms with van der Waals surface area (Å²) < 4.78 is 14.0. The van der Waals surface area contributed by atoms with Gasteiger partial charge in [0, 0.05) is 43.5 Å². The average Bonchev–Trinajstić information content (AvgIpc) is 2.91. The quantitative estimate of drug-likeness (QED) is 0.829. The van der Waals surface area contributed by atoms with Gasteiger partial charge < -0.3 is 15.3 Å². The van der Waals surface area contributed by atoms with Crippen LogP contribution in [0, 0.1) is 5.82 Å². The zero-order valence-electron chi connectivity index (χ0n) is 11.5. The van der Waals surface area contributed by atoms with Crippen LogP contribution < -0.4 is 10.2 Å². The lowest BCUT2D eigenvalue weighted by Gasteiger charge is -2.23. The van der Waals surface area contributed by atoms with Crippen molar-refractivity contribution in [2.75, 3.05) is 24.6 Å². The van der Waals surface area contributed by atoms with Crippen molar-refractivity contribution in [1.29, 1.82) is 0 Å². The Morgan fingerprint density at radius 1 is 1.37 bits per heavy atom. The van der Waals surface area contributed by atoms with Crippen LogP contribution in [0.5, 0.6) is 0 Å². The molecule has 2 N–H and O–H groups in total. The van der Waals surface area contributed by atoms with Gasteiger partial charge in [-0.05, 0) is 38.3 Å². The topological polar surface area (TPSA) is 35.5 Å². The van der Waals surface area contributed by atoms with Crippen molar-refractivity contribution in [2.45, 2.75) is 38.8 Å². The molecule has 1 heterocycles. The van der Waals surface area contributed by atoms with Crippen LogP contribution in [-0.4, -0.2) is 30.8 Å². The zero-order valence-corrected chi connectivity index (χ0v) is 11.5. The lowest BCUT2D eigenvalue weighted by Crippen LogP contribution is -2.28. The molecule has 1 aliphatic heterocycles. The molecule has 0 aliphatic carbocycles. The van der Waals surface area contributed by atoms with Gasteiger partial charge in [0.15, 0.2) is 0 Å². The highest BCUT2D eigenvalue weighted by atomic mass is 19.1. The predicted octanol–water partition coefficient (Wildman–Crippen LogP) is 2.29. The summed E-state index contributed by atoms with van der Waals surface area (Å²) in [4.78, 5) is 2.26. The van der Waals surface area contributed by atoms with Gasteiger partial charge in [-0.1, -0.05) is 6.07 Å². The predicted molar refractivity (Wildman–Crippen MR) is 75.9 cm³/mol. The molecular formula is C15H23FN2O. The minimum atomic E-state index is -0.145. The number of hydrogen-bond acceptors (Lipinski definition) is 3. The largest absolute Gasteiger partial charge is 0.396 e. The van der Waals surface area contributed by atoms with E-state index in [1.165, 1.54) is 18.9 Å². The van der Waals surface area contributed by atoms with Crippen LogP contribution in [0.25, 0.3) is 0 Å². The van der Waals surface area contributed by atoms with Gasteiger partial charge in [-0.15, -0.1) is 0 Å². The lowest BCUT2D eigenvalue weighted by molar-refractivity contribution is 0.268. The van der Waals surface area contributed by atoms with Crippen LogP contribution in [0.4, 0.5) is 10.1 Å². The molecule has 1 aliphatic rings. The summed E-state index contributed by atoms with van der Waals surface area (Å²) >= 11 is 0. The third kappa shape index (κ3) is 3.67. The molecule has 1 aromatic rings. The third-order valence-electron chi connectivity index (χ3n) is 3.73. The number of rotatable bonds is 6. The van der Waals surface area contributed by atoms with E-state index in [0.29, 0.717) is 13.0 Å². The Bertz CT molecular complexity index is 405. The minimum absolute atomic E-state index is 0.145. The van der Waals surface area contributed by atoms with Gasteiger partial charge in [-0.3, -0.25) is 0 Å². The van der Waals surface area contributed by atoms with Crippen molar-refractivity contribution in [2.24, 2.45) is 0 Å². The summed E-state index contributed by atoms with van der Waals surface area (Å²) in [6.45, 7) is 4.71. The molecule has 0 amide bonds. The third-order valence-corrected chi connectivity index (χ3v) is 3.73. The van der Waals surface area contributed by atoms with E-state index in [1.807, 2.05) is 13.0 Å². The van der Waals surface area contributed by atoms with E-state index in [2.05, 4.69) is 10.2 Å². The first-order valence-corrected chi connectivity index (χ1v) is 7.09. The van der Waals surface area contributed by atoms with Crippen molar-refractivity contribution in [3.8, 4) is 0 Å². The van der Waals surface area contributed by atoms with Crippen LogP contribution in [0.2, 0.25) is 0 Å². The maximum Gasteiger partial charge on any atom is 0.129 e. The van der Waals surface area contributed by atoms with E-state index in [-0.39, 0.29) is 18.5 Å². The van der Waals surface area contributed by atoms with Crippen LogP contribution in [-0.2, 0) is 6.54 Å². The number of nitrogens with one attached hydrogen (secondary N) is 1. The molecule has 3 nitrogen and oxygen atoms in total. The number of halogens is 1. The van der Waals surface area contributed by atoms with Crippen LogP contribution in [0.1, 0.15) is 31.7 Å². The molecule has 4 heteroatoms. The molecule has 1 saturated heterocycles. The van der Waals surface area contributed by atoms with Gasteiger partial charge in [0.1, 0.15) is 5.82 Å². The highest BCUT2D eigenvalue weighted by Gasteiger charge is 2.18. The molecule has 106 valence electrons. The van der Waals surface area contributed by atoms with Gasteiger partial charge in [0.2, 0.25) is 0 Å². The van der Waals surface area contributed by atoms with Gasteiger partial charge in [0.05, 0.1) is 0 Å². The first-order chi connectivity index (χ1) is 9.22. The Balaban J connectivity index is 2.09. The van der Waals surface area contributed by atoms with Crippen molar-refractivity contribution < 1.29 is 9.50 Å². The first kappa shape index (κ1) is 14.3. The van der Waals surface area contributed by atoms with Crippen molar-refractivity contribution >= 4 is 5.69 Å². The van der Waals surface area contributed by atoms with Crippen LogP contribution in [0.15, 0.2) is 18.2 Å². The SMILES string of the molecule is C[C@H](CCO)NCc1c(F)cccc1N1CCCC1. The minimum Gasteiger partial charge on any atom is -0.396 e. The van der Waals surface area contributed by atoms with E-state index < -0.39 is 0 Å². The number of benzene rings is 1. The van der Waals surface area contributed by atoms with Crippen LogP contribution >= 0.6 is 0 Å². The number of nitrogens with zero attached hydrogens (tertiary/aromatic N) is 1. The second kappa shape index (κ2) is 6.87. The molecule has 0 spiro atoms. The van der Waals surface area contributed by atoms with E-state index >= 15 is 0 Å². The highest BCUT2D eigenvalue weighted by Crippen LogP contribution is 2.26. The fourth-order valence-electron chi connectivity index (χ4n) is 2.55. The van der Waals surface area contributed by atoms with Crippen molar-refractivity contribution in [3.63, 3.8) is 0 Å². The van der Waals surface area contributed by atoms with Crippen LogP contribution in [0.3, 0.4) is 0 Å². The average molecular weight is 266 g/mol. The van der Waals surface area contributed by atoms with E-state index in [9.17, 15) is 4.39 Å². The van der Waals surface area contributed by atoms with Gasteiger partial charge >= 0.3 is 0 Å². The molecule has 1 aromatic carbocycles. The fraction of sp³-hybridized carbons (Fsp3) is 0.600. The summed E-state index contributed by atoms with van der Waals surface area (Å²) in [6, 6.07) is 5.50. The molecule has 19 heavy (non-hydrogen) atoms. The molecule has 0 unspecified atom stereocenters. The fourth-order valence-corrected chi connectivity index (χ4v) is 2.55. The summed E-state index contributed by atoms with van der Waals surface area (Å²) in [7, 11) is 0. The van der Waals surface area contributed by atoms with Gasteiger partial charge in [-0.25, -0.2) is 4.39 Å².